The fraction of sp³-hybridized carbons (Fsp3) is 0. The van der Waals surface area contributed by atoms with Crippen molar-refractivity contribution < 1.29 is 9.63 Å². The van der Waals surface area contributed by atoms with Gasteiger partial charge in [0.05, 0.1) is 0 Å². The maximum absolute atomic E-state index is 10.7. The second-order valence-corrected chi connectivity index (χ2v) is 2.68. The Balaban J connectivity index is 2.90. The highest BCUT2D eigenvalue weighted by atomic mass is 79.9. The van der Waals surface area contributed by atoms with Crippen LogP contribution in [0.1, 0.15) is 10.5 Å². The van der Waals surface area contributed by atoms with E-state index in [4.69, 9.17) is 0 Å². The molecule has 5 heteroatoms. The van der Waals surface area contributed by atoms with E-state index in [0.717, 1.165) is 4.47 Å². The predicted molar refractivity (Wildman–Crippen MR) is 41.5 cm³/mol. The molecule has 2 N–H and O–H groups in total. The Labute approximate surface area is 71.5 Å². The van der Waals surface area contributed by atoms with Crippen LogP contribution in [0.4, 0.5) is 0 Å². The summed E-state index contributed by atoms with van der Waals surface area (Å²) in [4.78, 5) is 18.4. The van der Waals surface area contributed by atoms with Gasteiger partial charge >= 0.3 is 5.97 Å². The average Bonchev–Trinajstić information content (AvgIpc) is 2.05. The van der Waals surface area contributed by atoms with Gasteiger partial charge in [0.1, 0.15) is 5.69 Å². The molecule has 0 atom stereocenters. The van der Waals surface area contributed by atoms with E-state index in [2.05, 4.69) is 31.6 Å². The second kappa shape index (κ2) is 3.45. The van der Waals surface area contributed by atoms with Gasteiger partial charge in [-0.05, 0) is 28.1 Å². The molecule has 1 rings (SSSR count). The Kier molecular flexibility index (Phi) is 2.56. The van der Waals surface area contributed by atoms with Crippen molar-refractivity contribution in [3.8, 4) is 0 Å². The minimum atomic E-state index is -0.641. The summed E-state index contributed by atoms with van der Waals surface area (Å²) in [5, 5.41) is 0. The molecule has 11 heavy (non-hydrogen) atoms. The quantitative estimate of drug-likeness (QED) is 0.709. The topological polar surface area (TPSA) is 65.2 Å². The van der Waals surface area contributed by atoms with Gasteiger partial charge in [0.15, 0.2) is 0 Å². The van der Waals surface area contributed by atoms with Gasteiger partial charge in [0, 0.05) is 10.7 Å². The molecule has 4 nitrogen and oxygen atoms in total. The number of rotatable bonds is 1. The summed E-state index contributed by atoms with van der Waals surface area (Å²) in [7, 11) is 0. The largest absolute Gasteiger partial charge is 0.375 e. The predicted octanol–water partition coefficient (Wildman–Crippen LogP) is 0.875. The van der Waals surface area contributed by atoms with E-state index in [0.29, 0.717) is 0 Å². The lowest BCUT2D eigenvalue weighted by atomic mass is 10.4. The molecule has 58 valence electrons. The number of aromatic nitrogens is 1. The Hall–Kier alpha value is -0.940. The van der Waals surface area contributed by atoms with Crippen LogP contribution in [0.5, 0.6) is 0 Å². The average molecular weight is 217 g/mol. The third-order valence-corrected chi connectivity index (χ3v) is 1.51. The molecule has 0 saturated carbocycles. The van der Waals surface area contributed by atoms with Crippen LogP contribution in [-0.2, 0) is 4.84 Å². The highest BCUT2D eigenvalue weighted by molar-refractivity contribution is 9.10. The smallest absolute Gasteiger partial charge is 0.368 e. The normalized spacial score (nSPS) is 9.27. The molecule has 0 aliphatic carbocycles. The minimum Gasteiger partial charge on any atom is -0.368 e. The van der Waals surface area contributed by atoms with E-state index in [9.17, 15) is 4.79 Å². The van der Waals surface area contributed by atoms with Crippen molar-refractivity contribution >= 4 is 21.9 Å². The third-order valence-electron chi connectivity index (χ3n) is 1.04. The second-order valence-electron chi connectivity index (χ2n) is 1.77. The molecule has 0 unspecified atom stereocenters. The van der Waals surface area contributed by atoms with Crippen LogP contribution < -0.4 is 5.90 Å². The van der Waals surface area contributed by atoms with Crippen LogP contribution in [0.25, 0.3) is 0 Å². The van der Waals surface area contributed by atoms with E-state index < -0.39 is 5.97 Å². The molecule has 1 heterocycles. The van der Waals surface area contributed by atoms with Crippen molar-refractivity contribution in [1.82, 2.24) is 4.98 Å². The lowest BCUT2D eigenvalue weighted by Gasteiger charge is -1.95. The van der Waals surface area contributed by atoms with Gasteiger partial charge < -0.3 is 4.84 Å². The van der Waals surface area contributed by atoms with Crippen LogP contribution in [0.3, 0.4) is 0 Å². The number of halogens is 1. The van der Waals surface area contributed by atoms with Gasteiger partial charge in [0.2, 0.25) is 0 Å². The standard InChI is InChI=1S/C6H5BrN2O2/c7-4-1-2-5(9-3-4)6(10)11-8/h1-3H,8H2. The van der Waals surface area contributed by atoms with Gasteiger partial charge in [-0.2, -0.15) is 5.90 Å². The molecule has 0 aliphatic rings. The van der Waals surface area contributed by atoms with Gasteiger partial charge in [-0.1, -0.05) is 0 Å². The maximum atomic E-state index is 10.7. The van der Waals surface area contributed by atoms with Crippen LogP contribution in [0, 0.1) is 0 Å². The first kappa shape index (κ1) is 8.16. The molecule has 0 saturated heterocycles. The van der Waals surface area contributed by atoms with E-state index in [1.165, 1.54) is 12.3 Å². The number of nitrogens with two attached hydrogens (primary N) is 1. The van der Waals surface area contributed by atoms with E-state index >= 15 is 0 Å². The number of hydrogen-bond acceptors (Lipinski definition) is 4. The number of carbonyl (C=O) groups excluding carboxylic acids is 1. The lowest BCUT2D eigenvalue weighted by molar-refractivity contribution is 0.0496. The van der Waals surface area contributed by atoms with E-state index in [1.807, 2.05) is 0 Å². The third kappa shape index (κ3) is 1.99. The number of carbonyl (C=O) groups is 1. The molecule has 0 spiro atoms. The Morgan fingerprint density at radius 3 is 2.82 bits per heavy atom. The SMILES string of the molecule is NOC(=O)c1ccc(Br)cn1. The number of nitrogens with zero attached hydrogens (tertiary/aromatic N) is 1. The maximum Gasteiger partial charge on any atom is 0.375 e. The Bertz CT molecular complexity index is 260. The molecule has 1 aromatic heterocycles. The molecular weight excluding hydrogens is 212 g/mol. The molecule has 0 amide bonds. The van der Waals surface area contributed by atoms with E-state index in [-0.39, 0.29) is 5.69 Å². The van der Waals surface area contributed by atoms with Crippen molar-refractivity contribution in [3.63, 3.8) is 0 Å². The van der Waals surface area contributed by atoms with Crippen LogP contribution in [0.2, 0.25) is 0 Å². The Morgan fingerprint density at radius 2 is 2.36 bits per heavy atom. The van der Waals surface area contributed by atoms with Crippen molar-refractivity contribution in [2.24, 2.45) is 5.90 Å². The monoisotopic (exact) mass is 216 g/mol. The summed E-state index contributed by atoms with van der Waals surface area (Å²) in [5.41, 5.74) is 0.190. The highest BCUT2D eigenvalue weighted by Crippen LogP contribution is 2.07. The molecule has 0 aliphatic heterocycles. The summed E-state index contributed by atoms with van der Waals surface area (Å²) in [6.07, 6.45) is 1.49. The zero-order valence-electron chi connectivity index (χ0n) is 5.45. The summed E-state index contributed by atoms with van der Waals surface area (Å²) in [5.74, 6) is 4.00. The number of hydrogen-bond donors (Lipinski definition) is 1. The van der Waals surface area contributed by atoms with Crippen LogP contribution in [0.15, 0.2) is 22.8 Å². The fourth-order valence-electron chi connectivity index (χ4n) is 0.557. The van der Waals surface area contributed by atoms with Gasteiger partial charge in [-0.25, -0.2) is 9.78 Å². The van der Waals surface area contributed by atoms with Crippen molar-refractivity contribution in [3.05, 3.63) is 28.5 Å². The molecule has 0 radical (unpaired) electrons. The van der Waals surface area contributed by atoms with Gasteiger partial charge in [0.25, 0.3) is 0 Å². The molecule has 1 aromatic rings. The summed E-state index contributed by atoms with van der Waals surface area (Å²) in [6, 6.07) is 3.19. The molecule has 0 bridgehead atoms. The first-order chi connectivity index (χ1) is 5.24. The van der Waals surface area contributed by atoms with Gasteiger partial charge in [-0.15, -0.1) is 0 Å². The first-order valence-electron chi connectivity index (χ1n) is 2.76. The summed E-state index contributed by atoms with van der Waals surface area (Å²) < 4.78 is 0.797. The van der Waals surface area contributed by atoms with Crippen LogP contribution in [-0.4, -0.2) is 11.0 Å². The van der Waals surface area contributed by atoms with E-state index in [1.54, 1.807) is 6.07 Å². The molecule has 0 fully saturated rings. The van der Waals surface area contributed by atoms with Gasteiger partial charge in [-0.3, -0.25) is 0 Å². The van der Waals surface area contributed by atoms with Crippen molar-refractivity contribution in [2.75, 3.05) is 0 Å². The van der Waals surface area contributed by atoms with Crippen molar-refractivity contribution in [2.45, 2.75) is 0 Å². The van der Waals surface area contributed by atoms with Crippen LogP contribution >= 0.6 is 15.9 Å². The summed E-state index contributed by atoms with van der Waals surface area (Å²) in [6.45, 7) is 0. The molecular formula is C6H5BrN2O2. The lowest BCUT2D eigenvalue weighted by Crippen LogP contribution is -2.11. The highest BCUT2D eigenvalue weighted by Gasteiger charge is 2.05. The fourth-order valence-corrected chi connectivity index (χ4v) is 0.791. The first-order valence-corrected chi connectivity index (χ1v) is 3.56. The number of pyridine rings is 1. The Morgan fingerprint density at radius 1 is 1.64 bits per heavy atom. The summed E-state index contributed by atoms with van der Waals surface area (Å²) >= 11 is 3.17. The zero-order chi connectivity index (χ0) is 8.27. The zero-order valence-corrected chi connectivity index (χ0v) is 7.04. The molecule has 0 aromatic carbocycles. The minimum absolute atomic E-state index is 0.190. The van der Waals surface area contributed by atoms with Crippen molar-refractivity contribution in [1.29, 1.82) is 0 Å².